The second-order valence-corrected chi connectivity index (χ2v) is 8.10. The van der Waals surface area contributed by atoms with Gasteiger partial charge < -0.3 is 9.64 Å². The molecule has 6 nitrogen and oxygen atoms in total. The topological polar surface area (TPSA) is 56.1 Å². The first kappa shape index (κ1) is 22.2. The molecule has 4 aromatic rings. The molecule has 1 aliphatic rings. The molecule has 0 amide bonds. The van der Waals surface area contributed by atoms with Gasteiger partial charge in [-0.05, 0) is 50.2 Å². The first-order chi connectivity index (χ1) is 15.4. The molecule has 0 saturated carbocycles. The molecular formula is C24H25ClFN5O. The second kappa shape index (κ2) is 9.63. The van der Waals surface area contributed by atoms with Gasteiger partial charge in [-0.25, -0.2) is 14.4 Å². The lowest BCUT2D eigenvalue weighted by atomic mass is 10.0. The molecule has 1 saturated heterocycles. The summed E-state index contributed by atoms with van der Waals surface area (Å²) in [6, 6.07) is 10.6. The minimum absolute atomic E-state index is 0.363. The van der Waals surface area contributed by atoms with Gasteiger partial charge in [0, 0.05) is 54.4 Å². The van der Waals surface area contributed by atoms with Gasteiger partial charge in [-0.1, -0.05) is 11.6 Å². The number of hydrogen-bond donors (Lipinski definition) is 0. The van der Waals surface area contributed by atoms with Crippen molar-refractivity contribution in [3.8, 4) is 11.1 Å². The van der Waals surface area contributed by atoms with E-state index in [9.17, 15) is 4.39 Å². The van der Waals surface area contributed by atoms with E-state index in [2.05, 4.69) is 10.00 Å². The van der Waals surface area contributed by atoms with Gasteiger partial charge in [0.2, 0.25) is 0 Å². The molecule has 166 valence electrons. The van der Waals surface area contributed by atoms with Crippen LogP contribution in [0, 0.1) is 19.7 Å². The van der Waals surface area contributed by atoms with E-state index in [0.717, 1.165) is 41.2 Å². The number of fused-ring (bicyclic) bond motifs is 1. The van der Waals surface area contributed by atoms with Crippen LogP contribution in [-0.2, 0) is 11.8 Å². The highest BCUT2D eigenvalue weighted by Crippen LogP contribution is 2.34. The highest BCUT2D eigenvalue weighted by atomic mass is 35.5. The van der Waals surface area contributed by atoms with E-state index in [1.807, 2.05) is 45.3 Å². The smallest absolute Gasteiger partial charge is 0.132 e. The summed E-state index contributed by atoms with van der Waals surface area (Å²) in [7, 11) is 1.89. The van der Waals surface area contributed by atoms with Gasteiger partial charge in [-0.15, -0.1) is 0 Å². The molecule has 0 spiro atoms. The summed E-state index contributed by atoms with van der Waals surface area (Å²) in [6.07, 6.45) is 3.64. The van der Waals surface area contributed by atoms with E-state index < -0.39 is 0 Å². The minimum Gasteiger partial charge on any atom is -0.378 e. The first-order valence-electron chi connectivity index (χ1n) is 10.4. The fourth-order valence-electron chi connectivity index (χ4n) is 3.58. The standard InChI is InChI=1S/C20H19ClFN3O.C4H6N2/c1-12-13(2)24-20-17(16-4-3-14(21)9-18(16)22)10-15(11-19(20)23-12)25-5-7-26-8-6-25;1-6-4-2-3-5-6/h3-4,9-11H,5-8H2,1-2H3;2-4H,1H3. The Morgan fingerprint density at radius 3 is 2.38 bits per heavy atom. The number of rotatable bonds is 2. The van der Waals surface area contributed by atoms with Gasteiger partial charge in [-0.2, -0.15) is 5.10 Å². The molecule has 2 aromatic carbocycles. The number of aromatic nitrogens is 4. The summed E-state index contributed by atoms with van der Waals surface area (Å²) >= 11 is 5.93. The molecule has 0 aliphatic carbocycles. The van der Waals surface area contributed by atoms with Gasteiger partial charge in [0.1, 0.15) is 5.82 Å². The van der Waals surface area contributed by atoms with Gasteiger partial charge in [0.25, 0.3) is 0 Å². The van der Waals surface area contributed by atoms with Gasteiger partial charge in [0.15, 0.2) is 0 Å². The molecule has 0 atom stereocenters. The number of anilines is 1. The maximum Gasteiger partial charge on any atom is 0.132 e. The molecule has 0 unspecified atom stereocenters. The Labute approximate surface area is 191 Å². The van der Waals surface area contributed by atoms with E-state index in [-0.39, 0.29) is 5.82 Å². The molecular weight excluding hydrogens is 429 g/mol. The molecule has 8 heteroatoms. The Morgan fingerprint density at radius 1 is 1.00 bits per heavy atom. The third-order valence-electron chi connectivity index (χ3n) is 5.40. The monoisotopic (exact) mass is 453 g/mol. The predicted octanol–water partition coefficient (Wildman–Crippen LogP) is 4.96. The van der Waals surface area contributed by atoms with Crippen molar-refractivity contribution < 1.29 is 9.13 Å². The van der Waals surface area contributed by atoms with Crippen LogP contribution in [0.1, 0.15) is 11.4 Å². The number of nitrogens with zero attached hydrogens (tertiary/aromatic N) is 5. The van der Waals surface area contributed by atoms with Crippen molar-refractivity contribution in [2.45, 2.75) is 13.8 Å². The van der Waals surface area contributed by atoms with Gasteiger partial charge >= 0.3 is 0 Å². The van der Waals surface area contributed by atoms with Crippen molar-refractivity contribution in [2.24, 2.45) is 7.05 Å². The van der Waals surface area contributed by atoms with Crippen molar-refractivity contribution in [1.82, 2.24) is 19.7 Å². The Morgan fingerprint density at radius 2 is 1.75 bits per heavy atom. The third-order valence-corrected chi connectivity index (χ3v) is 5.64. The summed E-state index contributed by atoms with van der Waals surface area (Å²) in [4.78, 5) is 11.6. The Balaban J connectivity index is 0.000000354. The van der Waals surface area contributed by atoms with Crippen LogP contribution >= 0.6 is 11.6 Å². The van der Waals surface area contributed by atoms with E-state index in [4.69, 9.17) is 26.3 Å². The minimum atomic E-state index is -0.363. The number of ether oxygens (including phenoxy) is 1. The van der Waals surface area contributed by atoms with Crippen LogP contribution in [0.4, 0.5) is 10.1 Å². The van der Waals surface area contributed by atoms with Gasteiger partial charge in [-0.3, -0.25) is 4.68 Å². The summed E-state index contributed by atoms with van der Waals surface area (Å²) in [5.41, 5.74) is 5.39. The van der Waals surface area contributed by atoms with Crippen molar-refractivity contribution in [3.63, 3.8) is 0 Å². The molecule has 5 rings (SSSR count). The van der Waals surface area contributed by atoms with Crippen molar-refractivity contribution >= 4 is 28.3 Å². The Hall–Kier alpha value is -3.03. The number of halogens is 2. The van der Waals surface area contributed by atoms with Crippen molar-refractivity contribution in [2.75, 3.05) is 31.2 Å². The van der Waals surface area contributed by atoms with Crippen LogP contribution in [0.25, 0.3) is 22.2 Å². The number of morpholine rings is 1. The number of hydrogen-bond acceptors (Lipinski definition) is 5. The Bertz CT molecular complexity index is 1220. The van der Waals surface area contributed by atoms with Crippen LogP contribution in [0.2, 0.25) is 5.02 Å². The van der Waals surface area contributed by atoms with Crippen molar-refractivity contribution in [1.29, 1.82) is 0 Å². The average molecular weight is 454 g/mol. The molecule has 1 aliphatic heterocycles. The third kappa shape index (κ3) is 4.89. The van der Waals surface area contributed by atoms with Crippen LogP contribution in [0.15, 0.2) is 48.8 Å². The van der Waals surface area contributed by atoms with Crippen LogP contribution in [0.3, 0.4) is 0 Å². The second-order valence-electron chi connectivity index (χ2n) is 7.66. The zero-order valence-corrected chi connectivity index (χ0v) is 19.1. The largest absolute Gasteiger partial charge is 0.378 e. The zero-order chi connectivity index (χ0) is 22.7. The Kier molecular flexibility index (Phi) is 6.67. The number of aryl methyl sites for hydroxylation is 3. The zero-order valence-electron chi connectivity index (χ0n) is 18.3. The quantitative estimate of drug-likeness (QED) is 0.429. The summed E-state index contributed by atoms with van der Waals surface area (Å²) < 4.78 is 21.8. The van der Waals surface area contributed by atoms with Crippen LogP contribution in [0.5, 0.6) is 0 Å². The summed E-state index contributed by atoms with van der Waals surface area (Å²) in [6.45, 7) is 6.81. The normalized spacial score (nSPS) is 13.7. The van der Waals surface area contributed by atoms with E-state index in [0.29, 0.717) is 29.3 Å². The lowest BCUT2D eigenvalue weighted by Crippen LogP contribution is -2.36. The summed E-state index contributed by atoms with van der Waals surface area (Å²) in [5, 5.41) is 4.21. The molecule has 32 heavy (non-hydrogen) atoms. The van der Waals surface area contributed by atoms with Gasteiger partial charge in [0.05, 0.1) is 35.6 Å². The molecule has 3 heterocycles. The average Bonchev–Trinajstić information content (AvgIpc) is 3.26. The molecule has 0 bridgehead atoms. The highest BCUT2D eigenvalue weighted by molar-refractivity contribution is 6.30. The van der Waals surface area contributed by atoms with Crippen LogP contribution < -0.4 is 4.90 Å². The van der Waals surface area contributed by atoms with E-state index >= 15 is 0 Å². The van der Waals surface area contributed by atoms with Crippen LogP contribution in [-0.4, -0.2) is 46.1 Å². The lowest BCUT2D eigenvalue weighted by Gasteiger charge is -2.29. The highest BCUT2D eigenvalue weighted by Gasteiger charge is 2.18. The maximum atomic E-state index is 14.7. The molecule has 1 fully saturated rings. The fourth-order valence-corrected chi connectivity index (χ4v) is 3.74. The molecule has 0 radical (unpaired) electrons. The molecule has 2 aromatic heterocycles. The van der Waals surface area contributed by atoms with E-state index in [1.165, 1.54) is 6.07 Å². The fraction of sp³-hybridized carbons (Fsp3) is 0.292. The maximum absolute atomic E-state index is 14.7. The molecule has 0 N–H and O–H groups in total. The van der Waals surface area contributed by atoms with E-state index in [1.54, 1.807) is 23.0 Å². The predicted molar refractivity (Wildman–Crippen MR) is 126 cm³/mol. The van der Waals surface area contributed by atoms with Crippen molar-refractivity contribution in [3.05, 3.63) is 71.0 Å². The number of benzene rings is 2. The first-order valence-corrected chi connectivity index (χ1v) is 10.8. The SMILES string of the molecule is Cc1nc2cc(N3CCOCC3)cc(-c3ccc(Cl)cc3F)c2nc1C.Cn1cccn1. The summed E-state index contributed by atoms with van der Waals surface area (Å²) in [5.74, 6) is -0.363. The lowest BCUT2D eigenvalue weighted by molar-refractivity contribution is 0.122.